The number of nitro groups is 1. The van der Waals surface area contributed by atoms with Gasteiger partial charge in [0.1, 0.15) is 17.9 Å². The summed E-state index contributed by atoms with van der Waals surface area (Å²) in [5.74, 6) is -0.962. The molecule has 4 rings (SSSR count). The van der Waals surface area contributed by atoms with Gasteiger partial charge in [0.05, 0.1) is 17.2 Å². The molecule has 1 aliphatic rings. The van der Waals surface area contributed by atoms with Crippen LogP contribution in [0.5, 0.6) is 17.2 Å². The van der Waals surface area contributed by atoms with Crippen molar-refractivity contribution >= 4 is 35.3 Å². The number of hydrogen-bond acceptors (Lipinski definition) is 8. The summed E-state index contributed by atoms with van der Waals surface area (Å²) in [7, 11) is 0. The Morgan fingerprint density at radius 3 is 2.38 bits per heavy atom. The van der Waals surface area contributed by atoms with E-state index < -0.39 is 22.8 Å². The molecule has 0 atom stereocenters. The number of amides is 4. The van der Waals surface area contributed by atoms with Gasteiger partial charge in [0, 0.05) is 17.7 Å². The molecule has 40 heavy (non-hydrogen) atoms. The number of nitro benzene ring substituents is 1. The first-order chi connectivity index (χ1) is 19.2. The van der Waals surface area contributed by atoms with E-state index in [9.17, 15) is 29.6 Å². The fourth-order valence-corrected chi connectivity index (χ4v) is 4.03. The van der Waals surface area contributed by atoms with Crippen LogP contribution >= 0.6 is 0 Å². The van der Waals surface area contributed by atoms with Crippen LogP contribution in [0.3, 0.4) is 0 Å². The number of rotatable bonds is 10. The fraction of sp³-hybridized carbons (Fsp3) is 0.138. The number of nitrogens with zero attached hydrogens (tertiary/aromatic N) is 2. The van der Waals surface area contributed by atoms with Gasteiger partial charge in [-0.25, -0.2) is 9.69 Å². The van der Waals surface area contributed by atoms with Crippen LogP contribution in [0.4, 0.5) is 16.2 Å². The predicted molar refractivity (Wildman–Crippen MR) is 146 cm³/mol. The molecule has 0 unspecified atom stereocenters. The van der Waals surface area contributed by atoms with Crippen molar-refractivity contribution in [3.63, 3.8) is 0 Å². The van der Waals surface area contributed by atoms with E-state index in [1.807, 2.05) is 0 Å². The maximum Gasteiger partial charge on any atom is 0.335 e. The second-order valence-corrected chi connectivity index (χ2v) is 8.62. The largest absolute Gasteiger partial charge is 0.508 e. The first-order valence-electron chi connectivity index (χ1n) is 12.2. The van der Waals surface area contributed by atoms with Crippen molar-refractivity contribution in [1.82, 2.24) is 5.32 Å². The molecule has 0 bridgehead atoms. The number of ether oxygens (including phenoxy) is 2. The highest BCUT2D eigenvalue weighted by molar-refractivity contribution is 6.39. The maximum atomic E-state index is 13.2. The topological polar surface area (TPSA) is 148 Å². The molecule has 204 valence electrons. The molecular weight excluding hydrogens is 518 g/mol. The van der Waals surface area contributed by atoms with E-state index >= 15 is 0 Å². The lowest BCUT2D eigenvalue weighted by atomic mass is 10.0. The Bertz CT molecular complexity index is 1510. The van der Waals surface area contributed by atoms with Gasteiger partial charge in [-0.05, 0) is 79.1 Å². The van der Waals surface area contributed by atoms with Gasteiger partial charge in [-0.3, -0.25) is 25.0 Å². The lowest BCUT2D eigenvalue weighted by Crippen LogP contribution is -2.54. The summed E-state index contributed by atoms with van der Waals surface area (Å²) in [6.45, 7) is 5.98. The van der Waals surface area contributed by atoms with Crippen LogP contribution in [0.2, 0.25) is 0 Å². The number of carbonyl (C=O) groups excluding carboxylic acids is 3. The van der Waals surface area contributed by atoms with Crippen LogP contribution < -0.4 is 19.7 Å². The standard InChI is InChI=1S/C29H25N3O8/c1-3-5-20-14-19(15-24-27(34)30-29(36)31(28(24)35)21-10-12-23(33)13-11-21)16-25(39-4-2)26(20)40-17-18-6-8-22(9-7-18)32(37)38/h3,6-16,33H,1,4-5,17H2,2H3,(H,30,34,36)/b24-15+. The number of carbonyl (C=O) groups is 3. The first kappa shape index (κ1) is 27.6. The Kier molecular flexibility index (Phi) is 8.24. The molecule has 4 amide bonds. The fourth-order valence-electron chi connectivity index (χ4n) is 4.03. The number of benzene rings is 3. The molecule has 1 heterocycles. The van der Waals surface area contributed by atoms with Crippen LogP contribution in [0.25, 0.3) is 6.08 Å². The van der Waals surface area contributed by atoms with Gasteiger partial charge < -0.3 is 14.6 Å². The number of phenolic OH excluding ortho intramolecular Hbond substituents is 1. The average Bonchev–Trinajstić information content (AvgIpc) is 2.92. The molecule has 0 aromatic heterocycles. The second kappa shape index (κ2) is 11.9. The summed E-state index contributed by atoms with van der Waals surface area (Å²) < 4.78 is 11.9. The summed E-state index contributed by atoms with van der Waals surface area (Å²) in [5.41, 5.74) is 1.67. The monoisotopic (exact) mass is 543 g/mol. The van der Waals surface area contributed by atoms with Gasteiger partial charge in [0.2, 0.25) is 0 Å². The third kappa shape index (κ3) is 5.99. The third-order valence-electron chi connectivity index (χ3n) is 5.87. The Morgan fingerprint density at radius 2 is 1.75 bits per heavy atom. The van der Waals surface area contributed by atoms with E-state index in [0.717, 1.165) is 4.90 Å². The third-order valence-corrected chi connectivity index (χ3v) is 5.87. The second-order valence-electron chi connectivity index (χ2n) is 8.62. The summed E-state index contributed by atoms with van der Waals surface area (Å²) in [6, 6.07) is 13.8. The average molecular weight is 544 g/mol. The van der Waals surface area contributed by atoms with Gasteiger partial charge in [-0.15, -0.1) is 6.58 Å². The molecule has 1 fully saturated rings. The van der Waals surface area contributed by atoms with E-state index in [0.29, 0.717) is 41.2 Å². The van der Waals surface area contributed by atoms with Crippen LogP contribution in [0.1, 0.15) is 23.6 Å². The summed E-state index contributed by atoms with van der Waals surface area (Å²) in [4.78, 5) is 49.6. The number of imide groups is 2. The first-order valence-corrected chi connectivity index (χ1v) is 12.2. The molecule has 0 saturated carbocycles. The lowest BCUT2D eigenvalue weighted by Gasteiger charge is -2.26. The van der Waals surface area contributed by atoms with Gasteiger partial charge in [-0.2, -0.15) is 0 Å². The zero-order valence-corrected chi connectivity index (χ0v) is 21.5. The molecule has 0 radical (unpaired) electrons. The number of aromatic hydroxyl groups is 1. The minimum Gasteiger partial charge on any atom is -0.508 e. The molecule has 0 aliphatic carbocycles. The highest BCUT2D eigenvalue weighted by Gasteiger charge is 2.37. The normalized spacial score (nSPS) is 14.2. The summed E-state index contributed by atoms with van der Waals surface area (Å²) >= 11 is 0. The molecule has 11 heteroatoms. The number of barbiturate groups is 1. The van der Waals surface area contributed by atoms with E-state index in [-0.39, 0.29) is 29.3 Å². The molecule has 3 aromatic rings. The number of urea groups is 1. The highest BCUT2D eigenvalue weighted by Crippen LogP contribution is 2.36. The minimum atomic E-state index is -0.907. The van der Waals surface area contributed by atoms with Crippen molar-refractivity contribution in [3.8, 4) is 17.2 Å². The number of non-ortho nitro benzene ring substituents is 1. The quantitative estimate of drug-likeness (QED) is 0.123. The van der Waals surface area contributed by atoms with Crippen LogP contribution in [0.15, 0.2) is 78.9 Å². The number of allylic oxidation sites excluding steroid dienone is 1. The lowest BCUT2D eigenvalue weighted by molar-refractivity contribution is -0.384. The minimum absolute atomic E-state index is 0.0320. The Labute approximate surface area is 229 Å². The van der Waals surface area contributed by atoms with Crippen molar-refractivity contribution < 1.29 is 33.9 Å². The summed E-state index contributed by atoms with van der Waals surface area (Å²) in [5, 5.41) is 22.6. The van der Waals surface area contributed by atoms with E-state index in [1.165, 1.54) is 42.5 Å². The van der Waals surface area contributed by atoms with Gasteiger partial charge in [-0.1, -0.05) is 6.08 Å². The zero-order valence-electron chi connectivity index (χ0n) is 21.5. The van der Waals surface area contributed by atoms with Gasteiger partial charge >= 0.3 is 6.03 Å². The summed E-state index contributed by atoms with van der Waals surface area (Å²) in [6.07, 6.45) is 3.38. The van der Waals surface area contributed by atoms with Crippen molar-refractivity contribution in [3.05, 3.63) is 106 Å². The van der Waals surface area contributed by atoms with Crippen LogP contribution in [-0.4, -0.2) is 34.5 Å². The number of phenols is 1. The molecule has 1 aliphatic heterocycles. The smallest absolute Gasteiger partial charge is 0.335 e. The number of anilines is 1. The SMILES string of the molecule is C=CCc1cc(/C=C2\C(=O)NC(=O)N(c3ccc(O)cc3)C2=O)cc(OCC)c1OCc1ccc([N+](=O)[O-])cc1. The number of nitrogens with one attached hydrogen (secondary N) is 1. The van der Waals surface area contributed by atoms with Crippen molar-refractivity contribution in [2.45, 2.75) is 20.0 Å². The zero-order chi connectivity index (χ0) is 28.8. The van der Waals surface area contributed by atoms with Crippen molar-refractivity contribution in [2.75, 3.05) is 11.5 Å². The van der Waals surface area contributed by atoms with Gasteiger partial charge in [0.25, 0.3) is 17.5 Å². The molecular formula is C29H25N3O8. The maximum absolute atomic E-state index is 13.2. The number of hydrogen-bond donors (Lipinski definition) is 2. The Hall–Kier alpha value is -5.45. The van der Waals surface area contributed by atoms with E-state index in [2.05, 4.69) is 11.9 Å². The van der Waals surface area contributed by atoms with E-state index in [1.54, 1.807) is 37.3 Å². The van der Waals surface area contributed by atoms with Crippen molar-refractivity contribution in [2.24, 2.45) is 0 Å². The van der Waals surface area contributed by atoms with E-state index in [4.69, 9.17) is 9.47 Å². The molecule has 2 N–H and O–H groups in total. The molecule has 11 nitrogen and oxygen atoms in total. The molecule has 0 spiro atoms. The van der Waals surface area contributed by atoms with Crippen LogP contribution in [0, 0.1) is 10.1 Å². The highest BCUT2D eigenvalue weighted by atomic mass is 16.6. The van der Waals surface area contributed by atoms with Gasteiger partial charge in [0.15, 0.2) is 11.5 Å². The predicted octanol–water partition coefficient (Wildman–Crippen LogP) is 4.67. The molecule has 3 aromatic carbocycles. The van der Waals surface area contributed by atoms with Crippen molar-refractivity contribution in [1.29, 1.82) is 0 Å². The Balaban J connectivity index is 1.69. The van der Waals surface area contributed by atoms with Crippen LogP contribution in [-0.2, 0) is 22.6 Å². The molecule has 1 saturated heterocycles. The Morgan fingerprint density at radius 1 is 1.05 bits per heavy atom.